The fourth-order valence-corrected chi connectivity index (χ4v) is 6.49. The summed E-state index contributed by atoms with van der Waals surface area (Å²) in [5, 5.41) is 7.13. The maximum absolute atomic E-state index is 6.36. The van der Waals surface area contributed by atoms with Crippen molar-refractivity contribution in [3.05, 3.63) is 133 Å². The van der Waals surface area contributed by atoms with Crippen molar-refractivity contribution in [1.29, 1.82) is 0 Å². The van der Waals surface area contributed by atoms with Crippen molar-refractivity contribution in [2.24, 2.45) is 0 Å². The lowest BCUT2D eigenvalue weighted by Crippen LogP contribution is -1.97. The fourth-order valence-electron chi connectivity index (χ4n) is 6.49. The summed E-state index contributed by atoms with van der Waals surface area (Å²) < 4.78 is 12.4. The molecule has 1 aromatic heterocycles. The molecule has 7 aromatic carbocycles. The van der Waals surface area contributed by atoms with Crippen molar-refractivity contribution < 1.29 is 9.15 Å². The Hall–Kier alpha value is -5.34. The third-order valence-corrected chi connectivity index (χ3v) is 8.30. The lowest BCUT2D eigenvalue weighted by molar-refractivity contribution is 0.487. The van der Waals surface area contributed by atoms with E-state index >= 15 is 0 Å². The highest BCUT2D eigenvalue weighted by molar-refractivity contribution is 6.15. The first-order valence-corrected chi connectivity index (χ1v) is 13.6. The number of para-hydroxylation sites is 2. The predicted molar refractivity (Wildman–Crippen MR) is 165 cm³/mol. The van der Waals surface area contributed by atoms with Crippen molar-refractivity contribution in [3.8, 4) is 44.9 Å². The fraction of sp³-hybridized carbons (Fsp3) is 0. The molecule has 1 aliphatic rings. The van der Waals surface area contributed by atoms with Crippen LogP contribution in [0.4, 0.5) is 0 Å². The first-order valence-electron chi connectivity index (χ1n) is 13.6. The van der Waals surface area contributed by atoms with Crippen LogP contribution < -0.4 is 4.74 Å². The number of benzene rings is 7. The van der Waals surface area contributed by atoms with Gasteiger partial charge in [-0.1, -0.05) is 103 Å². The summed E-state index contributed by atoms with van der Waals surface area (Å²) in [6.07, 6.45) is 0. The second-order valence-electron chi connectivity index (χ2n) is 10.5. The molecule has 40 heavy (non-hydrogen) atoms. The Bertz CT molecular complexity index is 2300. The molecule has 0 atom stereocenters. The van der Waals surface area contributed by atoms with Crippen molar-refractivity contribution in [2.75, 3.05) is 0 Å². The molecular weight excluding hydrogens is 488 g/mol. The predicted octanol–water partition coefficient (Wildman–Crippen LogP) is 11.0. The SMILES string of the molecule is c1ccc2c(c1)Oc1ccc(-c3ccc(-c4ccc5oc6ccccc6c5c4)c4ccccc34)c3cccc-2c13. The van der Waals surface area contributed by atoms with Crippen LogP contribution in [0.3, 0.4) is 0 Å². The summed E-state index contributed by atoms with van der Waals surface area (Å²) in [5.74, 6) is 1.82. The molecule has 0 N–H and O–H groups in total. The lowest BCUT2D eigenvalue weighted by atomic mass is 9.87. The van der Waals surface area contributed by atoms with E-state index in [2.05, 4.69) is 109 Å². The standard InChI is InChI=1S/C38H22O2/c1-2-9-26-25(8-1)24(23-16-20-36-33(22-23)30-11-4-6-15-35(30)39-36)17-18-27(26)28-19-21-37-38-31(28)12-7-13-32(38)29-10-3-5-14-34(29)40-37/h1-22H. The molecule has 0 saturated carbocycles. The summed E-state index contributed by atoms with van der Waals surface area (Å²) in [5.41, 5.74) is 9.02. The quantitative estimate of drug-likeness (QED) is 0.231. The van der Waals surface area contributed by atoms with Gasteiger partial charge in [-0.25, -0.2) is 0 Å². The highest BCUT2D eigenvalue weighted by Gasteiger charge is 2.22. The number of hydrogen-bond acceptors (Lipinski definition) is 2. The van der Waals surface area contributed by atoms with Gasteiger partial charge in [-0.3, -0.25) is 0 Å². The molecule has 0 amide bonds. The molecule has 0 spiro atoms. The van der Waals surface area contributed by atoms with Gasteiger partial charge < -0.3 is 9.15 Å². The molecule has 0 radical (unpaired) electrons. The Labute approximate surface area is 230 Å². The molecule has 2 nitrogen and oxygen atoms in total. The molecule has 186 valence electrons. The minimum absolute atomic E-state index is 0.910. The first-order chi connectivity index (χ1) is 19.8. The Kier molecular flexibility index (Phi) is 4.36. The van der Waals surface area contributed by atoms with Crippen LogP contribution in [0.25, 0.3) is 76.9 Å². The van der Waals surface area contributed by atoms with E-state index in [-0.39, 0.29) is 0 Å². The highest BCUT2D eigenvalue weighted by atomic mass is 16.5. The zero-order chi connectivity index (χ0) is 26.2. The molecule has 2 heterocycles. The largest absolute Gasteiger partial charge is 0.456 e. The monoisotopic (exact) mass is 510 g/mol. The van der Waals surface area contributed by atoms with Crippen molar-refractivity contribution in [2.45, 2.75) is 0 Å². The van der Waals surface area contributed by atoms with Crippen molar-refractivity contribution in [3.63, 3.8) is 0 Å². The molecular formula is C38H22O2. The molecule has 8 aromatic rings. The number of hydrogen-bond donors (Lipinski definition) is 0. The molecule has 0 saturated heterocycles. The minimum Gasteiger partial charge on any atom is -0.456 e. The smallest absolute Gasteiger partial charge is 0.135 e. The molecule has 0 fully saturated rings. The van der Waals surface area contributed by atoms with Crippen molar-refractivity contribution >= 4 is 43.5 Å². The van der Waals surface area contributed by atoms with Gasteiger partial charge in [0, 0.05) is 21.7 Å². The molecule has 1 aliphatic heterocycles. The van der Waals surface area contributed by atoms with Gasteiger partial charge in [-0.05, 0) is 74.3 Å². The lowest BCUT2D eigenvalue weighted by Gasteiger charge is -2.23. The summed E-state index contributed by atoms with van der Waals surface area (Å²) in [6, 6.07) is 47.2. The van der Waals surface area contributed by atoms with Crippen LogP contribution in [0.5, 0.6) is 11.5 Å². The summed E-state index contributed by atoms with van der Waals surface area (Å²) in [6.45, 7) is 0. The maximum atomic E-state index is 6.36. The van der Waals surface area contributed by atoms with Crippen LogP contribution in [0.15, 0.2) is 138 Å². The number of furan rings is 1. The highest BCUT2D eigenvalue weighted by Crippen LogP contribution is 2.49. The van der Waals surface area contributed by atoms with Crippen LogP contribution in [0.2, 0.25) is 0 Å². The van der Waals surface area contributed by atoms with Gasteiger partial charge in [-0.15, -0.1) is 0 Å². The number of ether oxygens (including phenoxy) is 1. The van der Waals surface area contributed by atoms with E-state index < -0.39 is 0 Å². The summed E-state index contributed by atoms with van der Waals surface area (Å²) in [7, 11) is 0. The molecule has 2 heteroatoms. The van der Waals surface area contributed by atoms with Crippen LogP contribution in [0.1, 0.15) is 0 Å². The van der Waals surface area contributed by atoms with E-state index in [0.29, 0.717) is 0 Å². The summed E-state index contributed by atoms with van der Waals surface area (Å²) >= 11 is 0. The Morgan fingerprint density at radius 3 is 1.93 bits per heavy atom. The van der Waals surface area contributed by atoms with E-state index in [1.165, 1.54) is 49.4 Å². The second-order valence-corrected chi connectivity index (χ2v) is 10.5. The zero-order valence-corrected chi connectivity index (χ0v) is 21.5. The second kappa shape index (κ2) is 8.08. The maximum Gasteiger partial charge on any atom is 0.135 e. The van der Waals surface area contributed by atoms with Gasteiger partial charge in [0.05, 0.1) is 0 Å². The van der Waals surface area contributed by atoms with E-state index in [1.807, 2.05) is 24.3 Å². The van der Waals surface area contributed by atoms with Crippen LogP contribution in [-0.2, 0) is 0 Å². The van der Waals surface area contributed by atoms with E-state index in [9.17, 15) is 0 Å². The van der Waals surface area contributed by atoms with Crippen LogP contribution in [0, 0.1) is 0 Å². The average molecular weight is 511 g/mol. The van der Waals surface area contributed by atoms with E-state index in [4.69, 9.17) is 9.15 Å². The van der Waals surface area contributed by atoms with Gasteiger partial charge in [0.25, 0.3) is 0 Å². The van der Waals surface area contributed by atoms with Crippen molar-refractivity contribution in [1.82, 2.24) is 0 Å². The van der Waals surface area contributed by atoms with E-state index in [1.54, 1.807) is 0 Å². The number of rotatable bonds is 2. The van der Waals surface area contributed by atoms with Gasteiger partial charge in [0.2, 0.25) is 0 Å². The zero-order valence-electron chi connectivity index (χ0n) is 21.5. The first kappa shape index (κ1) is 21.6. The summed E-state index contributed by atoms with van der Waals surface area (Å²) in [4.78, 5) is 0. The third-order valence-electron chi connectivity index (χ3n) is 8.30. The molecule has 0 unspecified atom stereocenters. The van der Waals surface area contributed by atoms with Crippen LogP contribution in [-0.4, -0.2) is 0 Å². The van der Waals surface area contributed by atoms with Gasteiger partial charge >= 0.3 is 0 Å². The molecule has 0 bridgehead atoms. The topological polar surface area (TPSA) is 22.4 Å². The average Bonchev–Trinajstić information content (AvgIpc) is 3.39. The Balaban J connectivity index is 1.27. The molecule has 9 rings (SSSR count). The van der Waals surface area contributed by atoms with Gasteiger partial charge in [0.1, 0.15) is 22.7 Å². The minimum atomic E-state index is 0.910. The van der Waals surface area contributed by atoms with E-state index in [0.717, 1.165) is 39.0 Å². The van der Waals surface area contributed by atoms with Gasteiger partial charge in [0.15, 0.2) is 0 Å². The third kappa shape index (κ3) is 2.99. The van der Waals surface area contributed by atoms with Gasteiger partial charge in [-0.2, -0.15) is 0 Å². The van der Waals surface area contributed by atoms with Crippen LogP contribution >= 0.6 is 0 Å². The molecule has 0 aliphatic carbocycles. The Morgan fingerprint density at radius 1 is 0.350 bits per heavy atom. The Morgan fingerprint density at radius 2 is 1.00 bits per heavy atom. The normalized spacial score (nSPS) is 12.2. The number of fused-ring (bicyclic) bond motifs is 6.